The molecule has 3 rings (SSSR count). The Kier molecular flexibility index (Phi) is 23.3. The number of nitriles is 1. The van der Waals surface area contributed by atoms with E-state index in [1.165, 1.54) is 96.2 Å². The second-order valence-electron chi connectivity index (χ2n) is 13.4. The maximum atomic E-state index is 10.5. The average Bonchev–Trinajstić information content (AvgIpc) is 3.59. The monoisotopic (exact) mass is 742 g/mol. The number of fused-ring (bicyclic) bond motifs is 1. The first-order valence-electron chi connectivity index (χ1n) is 19.4. The molecule has 3 N–H and O–H groups in total. The molecule has 12 nitrogen and oxygen atoms in total. The molecule has 0 saturated carbocycles. The van der Waals surface area contributed by atoms with Crippen LogP contribution in [0.25, 0.3) is 5.52 Å². The molecule has 3 aromatic heterocycles. The number of aryl methyl sites for hydroxylation is 1. The highest BCUT2D eigenvalue weighted by molar-refractivity contribution is 7.40. The Morgan fingerprint density at radius 1 is 0.846 bits per heavy atom. The first-order chi connectivity index (χ1) is 25.5. The number of pyridine rings is 1. The number of hydrogen-bond acceptors (Lipinski definition) is 11. The summed E-state index contributed by atoms with van der Waals surface area (Å²) >= 11 is 0. The van der Waals surface area contributed by atoms with Crippen LogP contribution in [0.15, 0.2) is 36.7 Å². The minimum Gasteiger partial charge on any atom is -0.382 e. The Labute approximate surface area is 312 Å². The fourth-order valence-corrected chi connectivity index (χ4v) is 6.70. The molecule has 0 radical (unpaired) electrons. The molecule has 3 heterocycles. The van der Waals surface area contributed by atoms with Gasteiger partial charge in [0.2, 0.25) is 0 Å². The number of nitrogens with zero attached hydrogens (tertiary/aromatic N) is 5. The quantitative estimate of drug-likeness (QED) is 0.0466. The molecule has 0 spiro atoms. The van der Waals surface area contributed by atoms with Crippen LogP contribution in [0.1, 0.15) is 133 Å². The van der Waals surface area contributed by atoms with Crippen molar-refractivity contribution >= 4 is 19.9 Å². The van der Waals surface area contributed by atoms with Crippen molar-refractivity contribution in [3.8, 4) is 6.07 Å². The number of nitrogen functional groups attached to an aromatic ring is 1. The molecule has 0 bridgehead atoms. The van der Waals surface area contributed by atoms with E-state index >= 15 is 0 Å². The third kappa shape index (κ3) is 18.3. The topological polar surface area (TPSA) is 159 Å². The smallest absolute Gasteiger partial charge is 0.330 e. The number of anilines is 1. The summed E-state index contributed by atoms with van der Waals surface area (Å²) in [6.45, 7) is 3.64. The van der Waals surface area contributed by atoms with Gasteiger partial charge >= 0.3 is 8.60 Å². The van der Waals surface area contributed by atoms with Gasteiger partial charge in [-0.15, -0.1) is 0 Å². The normalized spacial score (nSPS) is 13.3. The van der Waals surface area contributed by atoms with Crippen molar-refractivity contribution in [2.24, 2.45) is 0 Å². The summed E-state index contributed by atoms with van der Waals surface area (Å²) in [4.78, 5) is 18.9. The SMILES string of the molecule is CCCCCCCCCCCCCCCCCCOCC(COP(O)OCC(CCc1ccc2c(N)ncnn12)OC)OCc1cccc(C#N)n1. The van der Waals surface area contributed by atoms with Gasteiger partial charge in [0.15, 0.2) is 5.82 Å². The molecule has 290 valence electrons. The van der Waals surface area contributed by atoms with Gasteiger partial charge in [-0.3, -0.25) is 0 Å². The van der Waals surface area contributed by atoms with Crippen LogP contribution in [0.3, 0.4) is 0 Å². The second-order valence-corrected chi connectivity index (χ2v) is 14.4. The summed E-state index contributed by atoms with van der Waals surface area (Å²) in [6.07, 6.45) is 23.2. The highest BCUT2D eigenvalue weighted by atomic mass is 31.2. The molecule has 0 aliphatic carbocycles. The van der Waals surface area contributed by atoms with Crippen molar-refractivity contribution in [3.63, 3.8) is 0 Å². The standard InChI is InChI=1S/C39H63N6O6P/c1-3-4-5-6-7-8-9-10-11-12-13-14-15-16-17-18-26-48-29-37(49-28-34-21-19-20-33(27-40)44-34)31-51-52(46)50-30-36(47-2)24-22-35-23-25-38-39(41)42-32-43-45(35)38/h19-21,23,25,32,36-37,46H,3-18,22,24,26,28-31H2,1-2H3,(H2,41,42,43). The van der Waals surface area contributed by atoms with E-state index < -0.39 is 14.7 Å². The first-order valence-corrected chi connectivity index (χ1v) is 20.6. The summed E-state index contributed by atoms with van der Waals surface area (Å²) in [5.41, 5.74) is 8.65. The second kappa shape index (κ2) is 27.8. The maximum absolute atomic E-state index is 10.5. The summed E-state index contributed by atoms with van der Waals surface area (Å²) < 4.78 is 30.7. The summed E-state index contributed by atoms with van der Waals surface area (Å²) in [5.74, 6) is 0.427. The number of aromatic nitrogens is 4. The van der Waals surface area contributed by atoms with E-state index in [9.17, 15) is 10.2 Å². The van der Waals surface area contributed by atoms with Crippen LogP contribution in [0, 0.1) is 11.3 Å². The van der Waals surface area contributed by atoms with Crippen LogP contribution in [-0.4, -0.2) is 70.2 Å². The molecule has 52 heavy (non-hydrogen) atoms. The average molecular weight is 743 g/mol. The highest BCUT2D eigenvalue weighted by Gasteiger charge is 2.18. The van der Waals surface area contributed by atoms with Crippen LogP contribution in [-0.2, 0) is 36.3 Å². The lowest BCUT2D eigenvalue weighted by Crippen LogP contribution is -2.26. The van der Waals surface area contributed by atoms with Crippen LogP contribution >= 0.6 is 8.60 Å². The number of unbranched alkanes of at least 4 members (excludes halogenated alkanes) is 15. The fourth-order valence-electron chi connectivity index (χ4n) is 6.04. The molecule has 3 atom stereocenters. The van der Waals surface area contributed by atoms with E-state index in [0.29, 0.717) is 43.3 Å². The lowest BCUT2D eigenvalue weighted by atomic mass is 10.0. The van der Waals surface area contributed by atoms with Gasteiger partial charge < -0.3 is 33.9 Å². The third-order valence-electron chi connectivity index (χ3n) is 9.19. The van der Waals surface area contributed by atoms with Crippen LogP contribution in [0.2, 0.25) is 0 Å². The van der Waals surface area contributed by atoms with Crippen molar-refractivity contribution in [2.75, 3.05) is 39.3 Å². The largest absolute Gasteiger partial charge is 0.382 e. The molecule has 3 aromatic rings. The molecule has 3 unspecified atom stereocenters. The number of hydrogen-bond donors (Lipinski definition) is 2. The van der Waals surface area contributed by atoms with Gasteiger partial charge in [0.25, 0.3) is 0 Å². The predicted octanol–water partition coefficient (Wildman–Crippen LogP) is 8.64. The molecule has 0 aromatic carbocycles. The lowest BCUT2D eigenvalue weighted by Gasteiger charge is -2.21. The van der Waals surface area contributed by atoms with Gasteiger partial charge in [-0.25, -0.2) is 14.5 Å². The first kappa shape index (κ1) is 43.7. The van der Waals surface area contributed by atoms with Gasteiger partial charge in [-0.2, -0.15) is 10.4 Å². The number of rotatable bonds is 32. The van der Waals surface area contributed by atoms with Crippen LogP contribution in [0.5, 0.6) is 0 Å². The molecule has 0 aliphatic heterocycles. The van der Waals surface area contributed by atoms with E-state index in [4.69, 9.17) is 29.0 Å². The van der Waals surface area contributed by atoms with Crippen molar-refractivity contribution in [2.45, 2.75) is 141 Å². The summed E-state index contributed by atoms with van der Waals surface area (Å²) in [7, 11) is -0.558. The summed E-state index contributed by atoms with van der Waals surface area (Å²) in [5, 5.41) is 13.5. The van der Waals surface area contributed by atoms with E-state index in [0.717, 1.165) is 24.1 Å². The maximum Gasteiger partial charge on any atom is 0.330 e. The van der Waals surface area contributed by atoms with Crippen molar-refractivity contribution in [3.05, 3.63) is 53.7 Å². The Morgan fingerprint density at radius 3 is 2.12 bits per heavy atom. The van der Waals surface area contributed by atoms with Gasteiger partial charge in [0.05, 0.1) is 38.2 Å². The third-order valence-corrected chi connectivity index (χ3v) is 9.93. The van der Waals surface area contributed by atoms with E-state index in [1.807, 2.05) is 18.2 Å². The molecule has 13 heteroatoms. The number of methoxy groups -OCH3 is 1. The van der Waals surface area contributed by atoms with E-state index in [2.05, 4.69) is 28.1 Å². The van der Waals surface area contributed by atoms with Crippen LogP contribution in [0.4, 0.5) is 5.82 Å². The molecule has 0 fully saturated rings. The molecular weight excluding hydrogens is 679 g/mol. The predicted molar refractivity (Wildman–Crippen MR) is 205 cm³/mol. The minimum atomic E-state index is -2.17. The Balaban J connectivity index is 1.29. The Morgan fingerprint density at radius 2 is 1.48 bits per heavy atom. The number of ether oxygens (including phenoxy) is 3. The minimum absolute atomic E-state index is 0.0774. The zero-order valence-corrected chi connectivity index (χ0v) is 32.5. The van der Waals surface area contributed by atoms with Gasteiger partial charge in [-0.05, 0) is 43.5 Å². The van der Waals surface area contributed by atoms with Crippen molar-refractivity contribution < 1.29 is 28.2 Å². The zero-order valence-electron chi connectivity index (χ0n) is 31.6. The summed E-state index contributed by atoms with van der Waals surface area (Å²) in [6, 6.07) is 11.1. The van der Waals surface area contributed by atoms with E-state index in [1.54, 1.807) is 23.8 Å². The van der Waals surface area contributed by atoms with Gasteiger partial charge in [0, 0.05) is 19.4 Å². The fraction of sp³-hybridized carbons (Fsp3) is 0.692. The Bertz CT molecular complexity index is 1390. The lowest BCUT2D eigenvalue weighted by molar-refractivity contribution is -0.0497. The van der Waals surface area contributed by atoms with Gasteiger partial charge in [-0.1, -0.05) is 109 Å². The Hall–Kier alpha value is -2.75. The highest BCUT2D eigenvalue weighted by Crippen LogP contribution is 2.33. The molecule has 0 saturated heterocycles. The zero-order chi connectivity index (χ0) is 37.1. The molecular formula is C39H63N6O6P. The number of nitrogens with two attached hydrogens (primary N) is 1. The molecule has 0 amide bonds. The van der Waals surface area contributed by atoms with Crippen molar-refractivity contribution in [1.82, 2.24) is 19.6 Å². The van der Waals surface area contributed by atoms with E-state index in [-0.39, 0.29) is 25.9 Å². The van der Waals surface area contributed by atoms with Crippen molar-refractivity contribution in [1.29, 1.82) is 5.26 Å². The molecule has 0 aliphatic rings. The van der Waals surface area contributed by atoms with Gasteiger partial charge in [0.1, 0.15) is 29.7 Å². The van der Waals surface area contributed by atoms with Crippen LogP contribution < -0.4 is 5.73 Å².